The normalized spacial score (nSPS) is 20.2. The Morgan fingerprint density at radius 1 is 1.55 bits per heavy atom. The molecule has 2 nitrogen and oxygen atoms in total. The van der Waals surface area contributed by atoms with Crippen molar-refractivity contribution in [1.29, 1.82) is 5.26 Å². The molecule has 1 aliphatic heterocycles. The summed E-state index contributed by atoms with van der Waals surface area (Å²) in [5, 5.41) is 8.64. The lowest BCUT2D eigenvalue weighted by Crippen LogP contribution is -2.21. The highest BCUT2D eigenvalue weighted by Gasteiger charge is 2.11. The van der Waals surface area contributed by atoms with Gasteiger partial charge in [0, 0.05) is 12.1 Å². The number of hydrogen-bond donors (Lipinski definition) is 0. The Kier molecular flexibility index (Phi) is 3.13. The molecule has 0 N–H and O–H groups in total. The predicted octanol–water partition coefficient (Wildman–Crippen LogP) is 1.55. The molecule has 0 aliphatic carbocycles. The number of allylic oxidation sites excluding steroid dienone is 1. The first-order valence-corrected chi connectivity index (χ1v) is 4.14. The predicted molar refractivity (Wildman–Crippen MR) is 45.0 cm³/mol. The van der Waals surface area contributed by atoms with E-state index < -0.39 is 0 Å². The molecule has 1 aliphatic rings. The minimum atomic E-state index is 0.854. The van der Waals surface area contributed by atoms with E-state index in [0.29, 0.717) is 0 Å². The molecule has 1 fully saturated rings. The van der Waals surface area contributed by atoms with E-state index in [1.807, 2.05) is 13.0 Å². The van der Waals surface area contributed by atoms with Crippen molar-refractivity contribution < 1.29 is 0 Å². The number of likely N-dealkylation sites (tertiary alicyclic amines) is 1. The third-order valence-electron chi connectivity index (χ3n) is 2.08. The van der Waals surface area contributed by atoms with E-state index in [-0.39, 0.29) is 0 Å². The van der Waals surface area contributed by atoms with Gasteiger partial charge in [-0.1, -0.05) is 6.08 Å². The molecular weight excluding hydrogens is 136 g/mol. The second kappa shape index (κ2) is 4.15. The molecule has 0 aromatic rings. The molecule has 0 radical (unpaired) electrons. The smallest absolute Gasteiger partial charge is 0.0957 e. The van der Waals surface area contributed by atoms with Crippen LogP contribution >= 0.6 is 0 Å². The maximum atomic E-state index is 8.64. The zero-order valence-electron chi connectivity index (χ0n) is 7.01. The molecule has 0 unspecified atom stereocenters. The van der Waals surface area contributed by atoms with Crippen LogP contribution in [0.2, 0.25) is 0 Å². The van der Waals surface area contributed by atoms with Crippen LogP contribution in [0.1, 0.15) is 19.8 Å². The minimum Gasteiger partial charge on any atom is -0.298 e. The quantitative estimate of drug-likeness (QED) is 0.558. The van der Waals surface area contributed by atoms with Gasteiger partial charge in [0.1, 0.15) is 0 Å². The van der Waals surface area contributed by atoms with Gasteiger partial charge in [0.15, 0.2) is 0 Å². The van der Waals surface area contributed by atoms with Crippen LogP contribution in [-0.2, 0) is 0 Å². The summed E-state index contributed by atoms with van der Waals surface area (Å²) in [7, 11) is 0. The Bertz CT molecular complexity index is 182. The molecule has 0 aromatic heterocycles. The SMILES string of the molecule is C/C=C(\C#N)CN1CCCC1. The van der Waals surface area contributed by atoms with Gasteiger partial charge in [0.25, 0.3) is 0 Å². The number of nitriles is 1. The van der Waals surface area contributed by atoms with E-state index in [1.165, 1.54) is 25.9 Å². The van der Waals surface area contributed by atoms with Crippen molar-refractivity contribution in [2.45, 2.75) is 19.8 Å². The number of nitrogens with zero attached hydrogens (tertiary/aromatic N) is 2. The molecule has 0 saturated carbocycles. The lowest BCUT2D eigenvalue weighted by molar-refractivity contribution is 0.372. The monoisotopic (exact) mass is 150 g/mol. The third kappa shape index (κ3) is 2.36. The summed E-state index contributed by atoms with van der Waals surface area (Å²) in [5.41, 5.74) is 0.895. The second-order valence-corrected chi connectivity index (χ2v) is 2.91. The Hall–Kier alpha value is -0.810. The van der Waals surface area contributed by atoms with Gasteiger partial charge in [-0.3, -0.25) is 4.90 Å². The fourth-order valence-electron chi connectivity index (χ4n) is 1.37. The number of hydrogen-bond acceptors (Lipinski definition) is 2. The average Bonchev–Trinajstić information content (AvgIpc) is 2.52. The molecule has 0 bridgehead atoms. The van der Waals surface area contributed by atoms with Crippen molar-refractivity contribution >= 4 is 0 Å². The van der Waals surface area contributed by atoms with Crippen LogP contribution < -0.4 is 0 Å². The lowest BCUT2D eigenvalue weighted by Gasteiger charge is -2.12. The Morgan fingerprint density at radius 3 is 2.64 bits per heavy atom. The molecule has 2 heteroatoms. The first-order valence-electron chi connectivity index (χ1n) is 4.14. The van der Waals surface area contributed by atoms with Crippen LogP contribution in [0.15, 0.2) is 11.6 Å². The van der Waals surface area contributed by atoms with Crippen LogP contribution in [0.25, 0.3) is 0 Å². The highest BCUT2D eigenvalue weighted by Crippen LogP contribution is 2.09. The van der Waals surface area contributed by atoms with Gasteiger partial charge < -0.3 is 0 Å². The Morgan fingerprint density at radius 2 is 2.18 bits per heavy atom. The molecule has 0 aromatic carbocycles. The highest BCUT2D eigenvalue weighted by molar-refractivity contribution is 5.21. The van der Waals surface area contributed by atoms with Crippen LogP contribution in [-0.4, -0.2) is 24.5 Å². The molecule has 1 rings (SSSR count). The van der Waals surface area contributed by atoms with E-state index in [2.05, 4.69) is 11.0 Å². The van der Waals surface area contributed by atoms with Gasteiger partial charge in [-0.15, -0.1) is 0 Å². The molecule has 1 heterocycles. The summed E-state index contributed by atoms with van der Waals surface area (Å²) in [5.74, 6) is 0. The van der Waals surface area contributed by atoms with Crippen molar-refractivity contribution in [2.24, 2.45) is 0 Å². The third-order valence-corrected chi connectivity index (χ3v) is 2.08. The zero-order valence-corrected chi connectivity index (χ0v) is 7.01. The molecule has 0 atom stereocenters. The van der Waals surface area contributed by atoms with E-state index in [1.54, 1.807) is 0 Å². The van der Waals surface area contributed by atoms with Crippen LogP contribution in [0.3, 0.4) is 0 Å². The summed E-state index contributed by atoms with van der Waals surface area (Å²) in [4.78, 5) is 2.33. The van der Waals surface area contributed by atoms with Gasteiger partial charge in [-0.2, -0.15) is 5.26 Å². The van der Waals surface area contributed by atoms with E-state index >= 15 is 0 Å². The molecule has 1 saturated heterocycles. The van der Waals surface area contributed by atoms with Gasteiger partial charge in [0.05, 0.1) is 6.07 Å². The van der Waals surface area contributed by atoms with E-state index in [4.69, 9.17) is 5.26 Å². The highest BCUT2D eigenvalue weighted by atomic mass is 15.1. The van der Waals surface area contributed by atoms with Crippen molar-refractivity contribution in [3.8, 4) is 6.07 Å². The van der Waals surface area contributed by atoms with Crippen molar-refractivity contribution in [1.82, 2.24) is 4.90 Å². The first-order chi connectivity index (χ1) is 5.36. The van der Waals surface area contributed by atoms with Gasteiger partial charge >= 0.3 is 0 Å². The van der Waals surface area contributed by atoms with Crippen LogP contribution in [0.4, 0.5) is 0 Å². The first kappa shape index (κ1) is 8.29. The summed E-state index contributed by atoms with van der Waals surface area (Å²) in [6.07, 6.45) is 4.49. The molecule has 11 heavy (non-hydrogen) atoms. The Balaban J connectivity index is 2.35. The zero-order chi connectivity index (χ0) is 8.10. The maximum absolute atomic E-state index is 8.64. The van der Waals surface area contributed by atoms with E-state index in [9.17, 15) is 0 Å². The summed E-state index contributed by atoms with van der Waals surface area (Å²) in [6, 6.07) is 2.20. The van der Waals surface area contributed by atoms with Crippen LogP contribution in [0.5, 0.6) is 0 Å². The topological polar surface area (TPSA) is 27.0 Å². The van der Waals surface area contributed by atoms with Gasteiger partial charge in [-0.25, -0.2) is 0 Å². The van der Waals surface area contributed by atoms with Gasteiger partial charge in [-0.05, 0) is 32.9 Å². The standard InChI is InChI=1S/C9H14N2/c1-2-9(7-10)8-11-5-3-4-6-11/h2H,3-6,8H2,1H3/b9-2+. The molecule has 0 amide bonds. The molecule has 0 spiro atoms. The summed E-state index contributed by atoms with van der Waals surface area (Å²) >= 11 is 0. The molecule has 60 valence electrons. The fraction of sp³-hybridized carbons (Fsp3) is 0.667. The maximum Gasteiger partial charge on any atom is 0.0957 e. The minimum absolute atomic E-state index is 0.854. The fourth-order valence-corrected chi connectivity index (χ4v) is 1.37. The molecular formula is C9H14N2. The average molecular weight is 150 g/mol. The number of rotatable bonds is 2. The van der Waals surface area contributed by atoms with E-state index in [0.717, 1.165) is 12.1 Å². The van der Waals surface area contributed by atoms with Crippen LogP contribution in [0, 0.1) is 11.3 Å². The summed E-state index contributed by atoms with van der Waals surface area (Å²) in [6.45, 7) is 5.11. The van der Waals surface area contributed by atoms with Crippen molar-refractivity contribution in [3.63, 3.8) is 0 Å². The Labute approximate surface area is 68.1 Å². The van der Waals surface area contributed by atoms with Crippen molar-refractivity contribution in [3.05, 3.63) is 11.6 Å². The lowest BCUT2D eigenvalue weighted by atomic mass is 10.2. The summed E-state index contributed by atoms with van der Waals surface area (Å²) < 4.78 is 0. The largest absolute Gasteiger partial charge is 0.298 e. The second-order valence-electron chi connectivity index (χ2n) is 2.91. The van der Waals surface area contributed by atoms with Crippen molar-refractivity contribution in [2.75, 3.05) is 19.6 Å². The van der Waals surface area contributed by atoms with Gasteiger partial charge in [0.2, 0.25) is 0 Å².